The normalized spacial score (nSPS) is 19.8. The second kappa shape index (κ2) is 7.91. The smallest absolute Gasteiger partial charge is 0.228 e. The number of amides is 1. The lowest BCUT2D eigenvalue weighted by molar-refractivity contribution is -0.118. The number of carbonyl (C=O) groups excluding carboxylic acids is 1. The van der Waals surface area contributed by atoms with Crippen molar-refractivity contribution in [2.45, 2.75) is 59.4 Å². The maximum Gasteiger partial charge on any atom is 0.228 e. The van der Waals surface area contributed by atoms with E-state index in [0.717, 1.165) is 25.5 Å². The van der Waals surface area contributed by atoms with Gasteiger partial charge in [0, 0.05) is 25.2 Å². The molecule has 0 aromatic carbocycles. The standard InChI is InChI=1S/C19H31N3O/c1-5-18(23)22(17-9-6-7-12-20-17)16(2)15-21-13-8-10-19(3,4)11-14-21/h6-7,9,12,16H,5,8,10-11,13-15H2,1-4H3. The van der Waals surface area contributed by atoms with E-state index in [9.17, 15) is 4.79 Å². The van der Waals surface area contributed by atoms with Crippen molar-refractivity contribution in [1.82, 2.24) is 9.88 Å². The number of rotatable bonds is 5. The molecular formula is C19H31N3O. The minimum atomic E-state index is 0.138. The molecule has 0 radical (unpaired) electrons. The quantitative estimate of drug-likeness (QED) is 0.830. The molecule has 4 heteroatoms. The van der Waals surface area contributed by atoms with Crippen LogP contribution in [-0.2, 0) is 4.79 Å². The van der Waals surface area contributed by atoms with Gasteiger partial charge in [0.2, 0.25) is 5.91 Å². The predicted molar refractivity (Wildman–Crippen MR) is 95.5 cm³/mol. The summed E-state index contributed by atoms with van der Waals surface area (Å²) in [4.78, 5) is 21.2. The predicted octanol–water partition coefficient (Wildman–Crippen LogP) is 3.73. The van der Waals surface area contributed by atoms with E-state index in [2.05, 4.69) is 30.7 Å². The van der Waals surface area contributed by atoms with E-state index in [1.54, 1.807) is 6.20 Å². The second-order valence-electron chi connectivity index (χ2n) is 7.47. The third-order valence-corrected chi connectivity index (χ3v) is 4.86. The SMILES string of the molecule is CCC(=O)N(c1ccccn1)C(C)CN1CCCC(C)(C)CC1. The summed E-state index contributed by atoms with van der Waals surface area (Å²) in [6.45, 7) is 11.9. The van der Waals surface area contributed by atoms with Crippen LogP contribution in [0, 0.1) is 5.41 Å². The summed E-state index contributed by atoms with van der Waals surface area (Å²) in [5, 5.41) is 0. The van der Waals surface area contributed by atoms with E-state index in [1.165, 1.54) is 19.3 Å². The molecule has 0 N–H and O–H groups in total. The molecule has 1 amide bonds. The summed E-state index contributed by atoms with van der Waals surface area (Å²) in [5.41, 5.74) is 0.442. The van der Waals surface area contributed by atoms with Gasteiger partial charge in [-0.15, -0.1) is 0 Å². The Kier molecular flexibility index (Phi) is 6.17. The lowest BCUT2D eigenvalue weighted by Crippen LogP contribution is -2.46. The number of anilines is 1. The molecule has 1 aromatic heterocycles. The fourth-order valence-corrected chi connectivity index (χ4v) is 3.38. The first kappa shape index (κ1) is 17.9. The number of likely N-dealkylation sites (tertiary alicyclic amines) is 1. The lowest BCUT2D eigenvalue weighted by Gasteiger charge is -2.32. The highest BCUT2D eigenvalue weighted by atomic mass is 16.2. The van der Waals surface area contributed by atoms with Crippen molar-refractivity contribution >= 4 is 11.7 Å². The third-order valence-electron chi connectivity index (χ3n) is 4.86. The van der Waals surface area contributed by atoms with E-state index in [-0.39, 0.29) is 11.9 Å². The lowest BCUT2D eigenvalue weighted by atomic mass is 9.85. The highest BCUT2D eigenvalue weighted by Crippen LogP contribution is 2.30. The van der Waals surface area contributed by atoms with Crippen molar-refractivity contribution < 1.29 is 4.79 Å². The van der Waals surface area contributed by atoms with Crippen molar-refractivity contribution in [2.75, 3.05) is 24.5 Å². The Bertz CT molecular complexity index is 501. The van der Waals surface area contributed by atoms with Gasteiger partial charge in [-0.25, -0.2) is 4.98 Å². The first-order valence-electron chi connectivity index (χ1n) is 8.88. The first-order valence-corrected chi connectivity index (χ1v) is 8.88. The molecule has 0 saturated carbocycles. The van der Waals surface area contributed by atoms with Crippen LogP contribution in [0.5, 0.6) is 0 Å². The molecule has 1 aliphatic heterocycles. The molecule has 0 aliphatic carbocycles. The maximum atomic E-state index is 12.4. The largest absolute Gasteiger partial charge is 0.301 e. The van der Waals surface area contributed by atoms with Gasteiger partial charge in [-0.1, -0.05) is 26.8 Å². The Morgan fingerprint density at radius 1 is 1.35 bits per heavy atom. The third kappa shape index (κ3) is 5.03. The van der Waals surface area contributed by atoms with Crippen LogP contribution in [0.25, 0.3) is 0 Å². The van der Waals surface area contributed by atoms with Gasteiger partial charge in [-0.05, 0) is 56.8 Å². The van der Waals surface area contributed by atoms with Gasteiger partial charge in [0.05, 0.1) is 0 Å². The molecule has 1 saturated heterocycles. The maximum absolute atomic E-state index is 12.4. The number of hydrogen-bond acceptors (Lipinski definition) is 3. The molecule has 2 rings (SSSR count). The monoisotopic (exact) mass is 317 g/mol. The fourth-order valence-electron chi connectivity index (χ4n) is 3.38. The van der Waals surface area contributed by atoms with Crippen LogP contribution in [0.1, 0.15) is 53.4 Å². The molecular weight excluding hydrogens is 286 g/mol. The van der Waals surface area contributed by atoms with Crippen LogP contribution >= 0.6 is 0 Å². The Hall–Kier alpha value is -1.42. The molecule has 1 unspecified atom stereocenters. The average Bonchev–Trinajstić information content (AvgIpc) is 2.69. The molecule has 1 atom stereocenters. The molecule has 1 aliphatic rings. The fraction of sp³-hybridized carbons (Fsp3) is 0.684. The molecule has 2 heterocycles. The number of pyridine rings is 1. The van der Waals surface area contributed by atoms with Gasteiger partial charge < -0.3 is 4.90 Å². The van der Waals surface area contributed by atoms with E-state index in [1.807, 2.05) is 30.0 Å². The highest BCUT2D eigenvalue weighted by Gasteiger charge is 2.27. The van der Waals surface area contributed by atoms with Gasteiger partial charge in [0.15, 0.2) is 0 Å². The van der Waals surface area contributed by atoms with Crippen LogP contribution in [0.2, 0.25) is 0 Å². The Morgan fingerprint density at radius 2 is 2.13 bits per heavy atom. The molecule has 0 bridgehead atoms. The highest BCUT2D eigenvalue weighted by molar-refractivity contribution is 5.92. The number of aromatic nitrogens is 1. The van der Waals surface area contributed by atoms with Crippen molar-refractivity contribution in [1.29, 1.82) is 0 Å². The Labute approximate surface area is 140 Å². The van der Waals surface area contributed by atoms with Crippen molar-refractivity contribution in [3.05, 3.63) is 24.4 Å². The minimum absolute atomic E-state index is 0.138. The second-order valence-corrected chi connectivity index (χ2v) is 7.47. The van der Waals surface area contributed by atoms with Gasteiger partial charge in [-0.3, -0.25) is 9.69 Å². The van der Waals surface area contributed by atoms with E-state index in [4.69, 9.17) is 0 Å². The van der Waals surface area contributed by atoms with Crippen LogP contribution in [0.3, 0.4) is 0 Å². The number of carbonyl (C=O) groups is 1. The van der Waals surface area contributed by atoms with Crippen LogP contribution < -0.4 is 4.90 Å². The zero-order valence-corrected chi connectivity index (χ0v) is 15.1. The summed E-state index contributed by atoms with van der Waals surface area (Å²) in [6.07, 6.45) is 6.02. The van der Waals surface area contributed by atoms with Crippen molar-refractivity contribution in [3.63, 3.8) is 0 Å². The summed E-state index contributed by atoms with van der Waals surface area (Å²) in [7, 11) is 0. The van der Waals surface area contributed by atoms with Gasteiger partial charge in [0.1, 0.15) is 5.82 Å². The van der Waals surface area contributed by atoms with E-state index >= 15 is 0 Å². The number of hydrogen-bond donors (Lipinski definition) is 0. The molecule has 0 spiro atoms. The summed E-state index contributed by atoms with van der Waals surface area (Å²) >= 11 is 0. The summed E-state index contributed by atoms with van der Waals surface area (Å²) in [5.74, 6) is 0.911. The molecule has 1 fully saturated rings. The van der Waals surface area contributed by atoms with Crippen LogP contribution in [0.4, 0.5) is 5.82 Å². The molecule has 1 aromatic rings. The molecule has 128 valence electrons. The van der Waals surface area contributed by atoms with Crippen molar-refractivity contribution in [2.24, 2.45) is 5.41 Å². The van der Waals surface area contributed by atoms with Crippen LogP contribution in [0.15, 0.2) is 24.4 Å². The van der Waals surface area contributed by atoms with Gasteiger partial charge in [0.25, 0.3) is 0 Å². The molecule has 4 nitrogen and oxygen atoms in total. The Balaban J connectivity index is 2.06. The minimum Gasteiger partial charge on any atom is -0.301 e. The van der Waals surface area contributed by atoms with Gasteiger partial charge in [-0.2, -0.15) is 0 Å². The number of nitrogens with zero attached hydrogens (tertiary/aromatic N) is 3. The Morgan fingerprint density at radius 3 is 2.78 bits per heavy atom. The van der Waals surface area contributed by atoms with Gasteiger partial charge >= 0.3 is 0 Å². The first-order chi connectivity index (χ1) is 10.9. The zero-order valence-electron chi connectivity index (χ0n) is 15.1. The topological polar surface area (TPSA) is 36.4 Å². The average molecular weight is 317 g/mol. The zero-order chi connectivity index (χ0) is 16.9. The van der Waals surface area contributed by atoms with Crippen LogP contribution in [-0.4, -0.2) is 41.5 Å². The summed E-state index contributed by atoms with van der Waals surface area (Å²) < 4.78 is 0. The molecule has 23 heavy (non-hydrogen) atoms. The van der Waals surface area contributed by atoms with Crippen molar-refractivity contribution in [3.8, 4) is 0 Å². The van der Waals surface area contributed by atoms with E-state index < -0.39 is 0 Å². The van der Waals surface area contributed by atoms with E-state index in [0.29, 0.717) is 11.8 Å². The summed E-state index contributed by atoms with van der Waals surface area (Å²) in [6, 6.07) is 5.90.